The number of benzene rings is 1. The van der Waals surface area contributed by atoms with Crippen molar-refractivity contribution in [2.24, 2.45) is 5.92 Å². The third kappa shape index (κ3) is 6.88. The minimum atomic E-state index is -3.74. The number of nitrogens with one attached hydrogen (secondary N) is 1. The molecule has 154 valence electrons. The molecule has 2 atom stereocenters. The highest BCUT2D eigenvalue weighted by Crippen LogP contribution is 2.34. The lowest BCUT2D eigenvalue weighted by Crippen LogP contribution is -2.48. The van der Waals surface area contributed by atoms with E-state index in [1.165, 1.54) is 13.2 Å². The fourth-order valence-electron chi connectivity index (χ4n) is 2.95. The molecule has 0 spiro atoms. The molecule has 6 nitrogen and oxygen atoms in total. The van der Waals surface area contributed by atoms with Gasteiger partial charge in [0, 0.05) is 11.6 Å². The molecule has 1 N–H and O–H groups in total. The van der Waals surface area contributed by atoms with Crippen molar-refractivity contribution >= 4 is 33.2 Å². The van der Waals surface area contributed by atoms with Crippen LogP contribution in [0.3, 0.4) is 0 Å². The van der Waals surface area contributed by atoms with Crippen molar-refractivity contribution in [2.45, 2.75) is 52.5 Å². The highest BCUT2D eigenvalue weighted by molar-refractivity contribution is 7.92. The zero-order valence-electron chi connectivity index (χ0n) is 16.8. The van der Waals surface area contributed by atoms with Crippen LogP contribution in [0.2, 0.25) is 5.02 Å². The number of carbonyl (C=O) groups is 1. The maximum atomic E-state index is 12.7. The van der Waals surface area contributed by atoms with E-state index in [-0.39, 0.29) is 11.6 Å². The first kappa shape index (κ1) is 23.6. The van der Waals surface area contributed by atoms with Crippen LogP contribution in [0.25, 0.3) is 0 Å². The Balaban J connectivity index is 3.05. The van der Waals surface area contributed by atoms with Crippen molar-refractivity contribution in [3.8, 4) is 5.75 Å². The van der Waals surface area contributed by atoms with Crippen molar-refractivity contribution in [2.75, 3.05) is 24.2 Å². The van der Waals surface area contributed by atoms with Gasteiger partial charge in [0.05, 0.1) is 19.1 Å². The molecule has 1 amide bonds. The van der Waals surface area contributed by atoms with Gasteiger partial charge in [0.1, 0.15) is 11.8 Å². The topological polar surface area (TPSA) is 75.7 Å². The van der Waals surface area contributed by atoms with Crippen LogP contribution < -0.4 is 14.4 Å². The van der Waals surface area contributed by atoms with Crippen molar-refractivity contribution in [1.82, 2.24) is 5.32 Å². The molecule has 0 aliphatic rings. The molecule has 0 aliphatic heterocycles. The van der Waals surface area contributed by atoms with Crippen molar-refractivity contribution in [3.63, 3.8) is 0 Å². The van der Waals surface area contributed by atoms with Gasteiger partial charge in [-0.25, -0.2) is 8.42 Å². The zero-order chi connectivity index (χ0) is 20.6. The van der Waals surface area contributed by atoms with Gasteiger partial charge in [-0.1, -0.05) is 44.7 Å². The fourth-order valence-corrected chi connectivity index (χ4v) is 4.29. The Morgan fingerprint density at radius 2 is 2.00 bits per heavy atom. The van der Waals surface area contributed by atoms with Gasteiger partial charge in [0.2, 0.25) is 15.9 Å². The van der Waals surface area contributed by atoms with Gasteiger partial charge in [-0.15, -0.1) is 0 Å². The number of unbranched alkanes of at least 4 members (excludes halogenated alkanes) is 1. The van der Waals surface area contributed by atoms with Gasteiger partial charge in [-0.05, 0) is 37.5 Å². The number of rotatable bonds is 11. The highest BCUT2D eigenvalue weighted by atomic mass is 35.5. The first-order chi connectivity index (χ1) is 12.6. The van der Waals surface area contributed by atoms with Crippen molar-refractivity contribution < 1.29 is 17.9 Å². The second-order valence-corrected chi connectivity index (χ2v) is 9.01. The van der Waals surface area contributed by atoms with Crippen LogP contribution in [-0.4, -0.2) is 40.3 Å². The minimum absolute atomic E-state index is 0.244. The summed E-state index contributed by atoms with van der Waals surface area (Å²) in [5, 5.41) is 3.26. The Bertz CT molecular complexity index is 724. The lowest BCUT2D eigenvalue weighted by Gasteiger charge is -2.30. The Morgan fingerprint density at radius 3 is 2.52 bits per heavy atom. The van der Waals surface area contributed by atoms with E-state index in [4.69, 9.17) is 16.3 Å². The number of hydrogen-bond acceptors (Lipinski definition) is 4. The smallest absolute Gasteiger partial charge is 0.243 e. The summed E-state index contributed by atoms with van der Waals surface area (Å²) in [6.07, 6.45) is 5.29. The number of hydrogen-bond donors (Lipinski definition) is 1. The molecule has 0 bridgehead atoms. The molecular weight excluding hydrogens is 388 g/mol. The van der Waals surface area contributed by atoms with E-state index in [0.717, 1.165) is 36.2 Å². The number of ether oxygens (including phenoxy) is 1. The molecule has 0 fully saturated rings. The second kappa shape index (κ2) is 10.8. The van der Waals surface area contributed by atoms with Gasteiger partial charge < -0.3 is 10.1 Å². The van der Waals surface area contributed by atoms with Crippen LogP contribution in [0, 0.1) is 5.92 Å². The average molecular weight is 419 g/mol. The van der Waals surface area contributed by atoms with E-state index >= 15 is 0 Å². The Morgan fingerprint density at radius 1 is 1.33 bits per heavy atom. The predicted octanol–water partition coefficient (Wildman–Crippen LogP) is 3.84. The molecule has 1 aromatic rings. The molecule has 27 heavy (non-hydrogen) atoms. The summed E-state index contributed by atoms with van der Waals surface area (Å²) in [4.78, 5) is 12.7. The van der Waals surface area contributed by atoms with Crippen LogP contribution in [0.15, 0.2) is 18.2 Å². The summed E-state index contributed by atoms with van der Waals surface area (Å²) < 4.78 is 31.2. The van der Waals surface area contributed by atoms with Crippen molar-refractivity contribution in [1.29, 1.82) is 0 Å². The molecule has 0 saturated heterocycles. The van der Waals surface area contributed by atoms with Crippen LogP contribution in [-0.2, 0) is 14.8 Å². The van der Waals surface area contributed by atoms with E-state index in [0.29, 0.717) is 23.2 Å². The lowest BCUT2D eigenvalue weighted by molar-refractivity contribution is -0.122. The number of sulfonamides is 1. The molecule has 0 aromatic heterocycles. The van der Waals surface area contributed by atoms with Crippen LogP contribution in [0.4, 0.5) is 5.69 Å². The molecular formula is C19H31ClN2O4S. The van der Waals surface area contributed by atoms with Gasteiger partial charge in [-0.3, -0.25) is 9.10 Å². The minimum Gasteiger partial charge on any atom is -0.495 e. The van der Waals surface area contributed by atoms with Gasteiger partial charge >= 0.3 is 0 Å². The first-order valence-corrected chi connectivity index (χ1v) is 11.5. The summed E-state index contributed by atoms with van der Waals surface area (Å²) in [6, 6.07) is 3.74. The number of nitrogens with zero attached hydrogens (tertiary/aromatic N) is 1. The SMILES string of the molecule is CCCC[C@H](CC)CNC(=O)[C@@H](C)N(c1cc(Cl)ccc1OC)S(C)(=O)=O. The van der Waals surface area contributed by atoms with E-state index in [2.05, 4.69) is 19.2 Å². The van der Waals surface area contributed by atoms with E-state index < -0.39 is 16.1 Å². The van der Waals surface area contributed by atoms with E-state index in [1.54, 1.807) is 19.1 Å². The number of halogens is 1. The molecule has 0 radical (unpaired) electrons. The standard InChI is InChI=1S/C19H31ClN2O4S/c1-6-8-9-15(7-2)13-21-19(23)14(3)22(27(5,24)25)17-12-16(20)10-11-18(17)26-4/h10-12,14-15H,6-9,13H2,1-5H3,(H,21,23)/t14-,15+/m1/s1. The van der Waals surface area contributed by atoms with E-state index in [1.807, 2.05) is 0 Å². The van der Waals surface area contributed by atoms with Gasteiger partial charge in [0.15, 0.2) is 0 Å². The maximum Gasteiger partial charge on any atom is 0.243 e. The summed E-state index contributed by atoms with van der Waals surface area (Å²) in [5.74, 6) is 0.366. The van der Waals surface area contributed by atoms with Crippen LogP contribution >= 0.6 is 11.6 Å². The maximum absolute atomic E-state index is 12.7. The molecule has 1 rings (SSSR count). The monoisotopic (exact) mass is 418 g/mol. The van der Waals surface area contributed by atoms with Gasteiger partial charge in [-0.2, -0.15) is 0 Å². The summed E-state index contributed by atoms with van der Waals surface area (Å²) >= 11 is 6.04. The molecule has 0 aliphatic carbocycles. The number of amides is 1. The summed E-state index contributed by atoms with van der Waals surface area (Å²) in [6.45, 7) is 6.32. The molecule has 0 saturated carbocycles. The first-order valence-electron chi connectivity index (χ1n) is 9.26. The largest absolute Gasteiger partial charge is 0.495 e. The third-order valence-electron chi connectivity index (χ3n) is 4.58. The number of methoxy groups -OCH3 is 1. The predicted molar refractivity (Wildman–Crippen MR) is 111 cm³/mol. The van der Waals surface area contributed by atoms with Gasteiger partial charge in [0.25, 0.3) is 0 Å². The zero-order valence-corrected chi connectivity index (χ0v) is 18.4. The van der Waals surface area contributed by atoms with Crippen molar-refractivity contribution in [3.05, 3.63) is 23.2 Å². The molecule has 0 unspecified atom stereocenters. The molecule has 0 heterocycles. The average Bonchev–Trinajstić information content (AvgIpc) is 2.60. The van der Waals surface area contributed by atoms with Crippen LogP contribution in [0.5, 0.6) is 5.75 Å². The quantitative estimate of drug-likeness (QED) is 0.592. The third-order valence-corrected chi connectivity index (χ3v) is 6.04. The van der Waals surface area contributed by atoms with Crippen LogP contribution in [0.1, 0.15) is 46.5 Å². The molecule has 1 aromatic carbocycles. The second-order valence-electron chi connectivity index (χ2n) is 6.71. The summed E-state index contributed by atoms with van der Waals surface area (Å²) in [5.41, 5.74) is 0.244. The Labute approximate surface area is 168 Å². The number of carbonyl (C=O) groups excluding carboxylic acids is 1. The highest BCUT2D eigenvalue weighted by Gasteiger charge is 2.31. The lowest BCUT2D eigenvalue weighted by atomic mass is 9.99. The summed E-state index contributed by atoms with van der Waals surface area (Å²) in [7, 11) is -2.29. The number of anilines is 1. The Kier molecular flexibility index (Phi) is 9.39. The van der Waals surface area contributed by atoms with E-state index in [9.17, 15) is 13.2 Å². The fraction of sp³-hybridized carbons (Fsp3) is 0.632. The normalized spacial score (nSPS) is 13.7. The molecule has 8 heteroatoms. The Hall–Kier alpha value is -1.47.